The Labute approximate surface area is 171 Å². The molecule has 148 valence electrons. The summed E-state index contributed by atoms with van der Waals surface area (Å²) in [6, 6.07) is 15.6. The van der Waals surface area contributed by atoms with Crippen LogP contribution in [0.4, 0.5) is 5.69 Å². The first-order valence-corrected chi connectivity index (χ1v) is 10.0. The van der Waals surface area contributed by atoms with Gasteiger partial charge in [0.15, 0.2) is 0 Å². The number of ether oxygens (including phenoxy) is 1. The Morgan fingerprint density at radius 1 is 1.10 bits per heavy atom. The fourth-order valence-electron chi connectivity index (χ4n) is 3.25. The van der Waals surface area contributed by atoms with Gasteiger partial charge in [0.05, 0.1) is 29.4 Å². The van der Waals surface area contributed by atoms with Gasteiger partial charge in [-0.25, -0.2) is 4.79 Å². The molecule has 0 atom stereocenters. The molecule has 1 heterocycles. The highest BCUT2D eigenvalue weighted by Gasteiger charge is 2.17. The summed E-state index contributed by atoms with van der Waals surface area (Å²) in [5.41, 5.74) is 4.66. The van der Waals surface area contributed by atoms with Gasteiger partial charge in [0.2, 0.25) is 0 Å². The van der Waals surface area contributed by atoms with E-state index in [1.165, 1.54) is 0 Å². The van der Waals surface area contributed by atoms with E-state index in [1.807, 2.05) is 30.3 Å². The van der Waals surface area contributed by atoms with Crippen molar-refractivity contribution in [2.24, 2.45) is 0 Å². The Morgan fingerprint density at radius 3 is 2.55 bits per heavy atom. The van der Waals surface area contributed by atoms with Crippen molar-refractivity contribution in [2.45, 2.75) is 33.1 Å². The molecular weight excluding hydrogens is 362 g/mol. The number of nitrogens with one attached hydrogen (secondary N) is 1. The summed E-state index contributed by atoms with van der Waals surface area (Å²) in [6.07, 6.45) is 4.87. The van der Waals surface area contributed by atoms with E-state index in [-0.39, 0.29) is 5.97 Å². The highest BCUT2D eigenvalue weighted by molar-refractivity contribution is 6.05. The molecule has 0 saturated carbocycles. The number of carbonyl (C=O) groups is 1. The number of benzene rings is 2. The van der Waals surface area contributed by atoms with Crippen LogP contribution in [0.3, 0.4) is 0 Å². The number of hydrogen-bond donors (Lipinski definition) is 1. The number of fused-ring (bicyclic) bond motifs is 1. The van der Waals surface area contributed by atoms with Crippen molar-refractivity contribution in [3.05, 3.63) is 59.8 Å². The van der Waals surface area contributed by atoms with Gasteiger partial charge in [-0.2, -0.15) is 5.26 Å². The molecule has 0 aliphatic heterocycles. The Bertz CT molecular complexity index is 1040. The number of hydrogen-bond acceptors (Lipinski definition) is 5. The van der Waals surface area contributed by atoms with Crippen molar-refractivity contribution < 1.29 is 9.53 Å². The smallest absolute Gasteiger partial charge is 0.341 e. The molecule has 0 aliphatic carbocycles. The first kappa shape index (κ1) is 20.3. The van der Waals surface area contributed by atoms with Gasteiger partial charge in [-0.15, -0.1) is 0 Å². The van der Waals surface area contributed by atoms with E-state index < -0.39 is 0 Å². The molecule has 5 heteroatoms. The summed E-state index contributed by atoms with van der Waals surface area (Å²) in [6.45, 7) is 5.05. The van der Waals surface area contributed by atoms with Gasteiger partial charge in [-0.05, 0) is 48.7 Å². The molecule has 0 amide bonds. The normalized spacial score (nSPS) is 10.5. The fourth-order valence-corrected chi connectivity index (χ4v) is 3.25. The number of carbonyl (C=O) groups excluding carboxylic acids is 1. The molecule has 29 heavy (non-hydrogen) atoms. The topological polar surface area (TPSA) is 75.0 Å². The number of pyridine rings is 1. The van der Waals surface area contributed by atoms with Crippen LogP contribution >= 0.6 is 0 Å². The zero-order valence-electron chi connectivity index (χ0n) is 16.9. The summed E-state index contributed by atoms with van der Waals surface area (Å²) < 4.78 is 5.24. The average molecular weight is 387 g/mol. The number of aromatic nitrogens is 1. The number of rotatable bonds is 8. The van der Waals surface area contributed by atoms with Crippen LogP contribution < -0.4 is 5.32 Å². The molecule has 3 rings (SSSR count). The van der Waals surface area contributed by atoms with Crippen LogP contribution in [0.25, 0.3) is 22.0 Å². The predicted molar refractivity (Wildman–Crippen MR) is 116 cm³/mol. The minimum atomic E-state index is -0.372. The molecule has 2 aromatic carbocycles. The zero-order chi connectivity index (χ0) is 20.6. The Balaban J connectivity index is 2.06. The van der Waals surface area contributed by atoms with Crippen LogP contribution in [0.5, 0.6) is 0 Å². The lowest BCUT2D eigenvalue weighted by Crippen LogP contribution is -2.12. The molecule has 0 unspecified atom stereocenters. The quantitative estimate of drug-likeness (QED) is 0.405. The summed E-state index contributed by atoms with van der Waals surface area (Å²) in [7, 11) is 0. The summed E-state index contributed by atoms with van der Waals surface area (Å²) >= 11 is 0. The second-order valence-electron chi connectivity index (χ2n) is 6.82. The Morgan fingerprint density at radius 2 is 1.86 bits per heavy atom. The molecule has 1 N–H and O–H groups in total. The lowest BCUT2D eigenvalue weighted by Gasteiger charge is -2.15. The van der Waals surface area contributed by atoms with Gasteiger partial charge in [0, 0.05) is 18.1 Å². The SMILES string of the molecule is CCCCCNc1c(C(=O)OCC)cnc2ccc(-c3ccc(C#N)cc3)cc12. The van der Waals surface area contributed by atoms with Crippen molar-refractivity contribution in [2.75, 3.05) is 18.5 Å². The Hall–Kier alpha value is -3.39. The molecule has 5 nitrogen and oxygen atoms in total. The highest BCUT2D eigenvalue weighted by Crippen LogP contribution is 2.31. The molecule has 1 aromatic heterocycles. The largest absolute Gasteiger partial charge is 0.462 e. The van der Waals surface area contributed by atoms with Gasteiger partial charge >= 0.3 is 5.97 Å². The molecule has 0 fully saturated rings. The van der Waals surface area contributed by atoms with E-state index in [0.717, 1.165) is 53.5 Å². The number of unbranched alkanes of at least 4 members (excludes halogenated alkanes) is 2. The van der Waals surface area contributed by atoms with Crippen LogP contribution in [0.1, 0.15) is 49.0 Å². The maximum Gasteiger partial charge on any atom is 0.341 e. The van der Waals surface area contributed by atoms with Crippen LogP contribution in [-0.4, -0.2) is 24.1 Å². The monoisotopic (exact) mass is 387 g/mol. The van der Waals surface area contributed by atoms with Gasteiger partial charge in [-0.1, -0.05) is 38.0 Å². The second kappa shape index (κ2) is 9.70. The number of esters is 1. The lowest BCUT2D eigenvalue weighted by atomic mass is 10.00. The number of nitrogens with zero attached hydrogens (tertiary/aromatic N) is 2. The first-order chi connectivity index (χ1) is 14.2. The molecule has 0 spiro atoms. The molecule has 3 aromatic rings. The molecule has 0 saturated heterocycles. The third kappa shape index (κ3) is 4.72. The molecule has 0 aliphatic rings. The minimum absolute atomic E-state index is 0.317. The third-order valence-electron chi connectivity index (χ3n) is 4.79. The maximum absolute atomic E-state index is 12.5. The summed E-state index contributed by atoms with van der Waals surface area (Å²) in [5.74, 6) is -0.372. The zero-order valence-corrected chi connectivity index (χ0v) is 16.9. The maximum atomic E-state index is 12.5. The van der Waals surface area contributed by atoms with E-state index in [4.69, 9.17) is 10.00 Å². The molecular formula is C24H25N3O2. The number of anilines is 1. The van der Waals surface area contributed by atoms with E-state index in [1.54, 1.807) is 25.3 Å². The van der Waals surface area contributed by atoms with Crippen molar-refractivity contribution in [1.29, 1.82) is 5.26 Å². The first-order valence-electron chi connectivity index (χ1n) is 10.0. The molecule has 0 radical (unpaired) electrons. The predicted octanol–water partition coefficient (Wildman–Crippen LogP) is 5.55. The van der Waals surface area contributed by atoms with Gasteiger partial charge in [0.25, 0.3) is 0 Å². The molecule has 0 bridgehead atoms. The highest BCUT2D eigenvalue weighted by atomic mass is 16.5. The van der Waals surface area contributed by atoms with Crippen molar-refractivity contribution in [3.63, 3.8) is 0 Å². The van der Waals surface area contributed by atoms with Gasteiger partial charge in [0.1, 0.15) is 5.56 Å². The second-order valence-corrected chi connectivity index (χ2v) is 6.82. The summed E-state index contributed by atoms with van der Waals surface area (Å²) in [4.78, 5) is 17.0. The fraction of sp³-hybridized carbons (Fsp3) is 0.292. The lowest BCUT2D eigenvalue weighted by molar-refractivity contribution is 0.0527. The van der Waals surface area contributed by atoms with Gasteiger partial charge < -0.3 is 10.1 Å². The van der Waals surface area contributed by atoms with Crippen LogP contribution in [-0.2, 0) is 4.74 Å². The van der Waals surface area contributed by atoms with E-state index >= 15 is 0 Å². The van der Waals surface area contributed by atoms with Gasteiger partial charge in [-0.3, -0.25) is 4.98 Å². The third-order valence-corrected chi connectivity index (χ3v) is 4.79. The average Bonchev–Trinajstić information content (AvgIpc) is 2.76. The summed E-state index contributed by atoms with van der Waals surface area (Å²) in [5, 5.41) is 13.3. The van der Waals surface area contributed by atoms with E-state index in [9.17, 15) is 4.79 Å². The van der Waals surface area contributed by atoms with Crippen LogP contribution in [0.2, 0.25) is 0 Å². The minimum Gasteiger partial charge on any atom is -0.462 e. The van der Waals surface area contributed by atoms with Crippen molar-refractivity contribution in [1.82, 2.24) is 4.98 Å². The van der Waals surface area contributed by atoms with Crippen molar-refractivity contribution in [3.8, 4) is 17.2 Å². The van der Waals surface area contributed by atoms with Crippen LogP contribution in [0, 0.1) is 11.3 Å². The standard InChI is InChI=1S/C24H25N3O2/c1-3-5-6-13-26-23-20-14-19(18-9-7-17(15-25)8-10-18)11-12-22(20)27-16-21(23)24(28)29-4-2/h7-12,14,16H,3-6,13H2,1-2H3,(H,26,27). The van der Waals surface area contributed by atoms with Crippen molar-refractivity contribution >= 4 is 22.6 Å². The Kier molecular flexibility index (Phi) is 6.80. The number of nitriles is 1. The van der Waals surface area contributed by atoms with E-state index in [0.29, 0.717) is 17.7 Å². The van der Waals surface area contributed by atoms with Crippen LogP contribution in [0.15, 0.2) is 48.7 Å². The van der Waals surface area contributed by atoms with E-state index in [2.05, 4.69) is 23.3 Å².